The van der Waals surface area contributed by atoms with E-state index in [9.17, 15) is 4.79 Å². The van der Waals surface area contributed by atoms with E-state index in [1.165, 1.54) is 0 Å². The molecule has 0 saturated heterocycles. The van der Waals surface area contributed by atoms with E-state index in [-0.39, 0.29) is 6.03 Å². The number of nitrogens with one attached hydrogen (secondary N) is 2. The normalized spacial score (nSPS) is 10.0. The third kappa shape index (κ3) is 4.39. The van der Waals surface area contributed by atoms with Crippen molar-refractivity contribution >= 4 is 23.3 Å². The molecule has 0 atom stereocenters. The molecular formula is C16H17ClN2O2. The maximum Gasteiger partial charge on any atom is 0.319 e. The zero-order valence-corrected chi connectivity index (χ0v) is 12.7. The van der Waals surface area contributed by atoms with E-state index >= 15 is 0 Å². The lowest BCUT2D eigenvalue weighted by atomic mass is 10.2. The Labute approximate surface area is 129 Å². The molecular weight excluding hydrogens is 288 g/mol. The second kappa shape index (κ2) is 6.99. The summed E-state index contributed by atoms with van der Waals surface area (Å²) in [5.74, 6) is 0.787. The van der Waals surface area contributed by atoms with Gasteiger partial charge in [0.25, 0.3) is 0 Å². The number of halogens is 1. The number of hydrogen-bond donors (Lipinski definition) is 2. The highest BCUT2D eigenvalue weighted by Gasteiger charge is 2.05. The van der Waals surface area contributed by atoms with Gasteiger partial charge in [-0.2, -0.15) is 0 Å². The molecule has 5 heteroatoms. The van der Waals surface area contributed by atoms with Crippen LogP contribution >= 0.6 is 11.6 Å². The smallest absolute Gasteiger partial charge is 0.319 e. The van der Waals surface area contributed by atoms with Crippen molar-refractivity contribution in [2.75, 3.05) is 12.4 Å². The summed E-state index contributed by atoms with van der Waals surface area (Å²) in [6.45, 7) is 2.37. The molecule has 0 heterocycles. The number of ether oxygens (including phenoxy) is 1. The topological polar surface area (TPSA) is 50.4 Å². The van der Waals surface area contributed by atoms with Gasteiger partial charge >= 0.3 is 6.03 Å². The van der Waals surface area contributed by atoms with Crippen LogP contribution in [0.15, 0.2) is 42.5 Å². The third-order valence-electron chi connectivity index (χ3n) is 2.98. The Balaban J connectivity index is 1.89. The first-order chi connectivity index (χ1) is 10.1. The van der Waals surface area contributed by atoms with Crippen LogP contribution in [0.3, 0.4) is 0 Å². The Hall–Kier alpha value is -2.20. The van der Waals surface area contributed by atoms with E-state index in [0.717, 1.165) is 16.9 Å². The molecule has 0 aliphatic carbocycles. The first-order valence-corrected chi connectivity index (χ1v) is 6.90. The Morgan fingerprint density at radius 1 is 1.19 bits per heavy atom. The molecule has 2 aromatic rings. The van der Waals surface area contributed by atoms with Crippen molar-refractivity contribution in [3.05, 3.63) is 58.6 Å². The predicted octanol–water partition coefficient (Wildman–Crippen LogP) is 3.98. The van der Waals surface area contributed by atoms with Gasteiger partial charge in [0.2, 0.25) is 0 Å². The van der Waals surface area contributed by atoms with E-state index in [4.69, 9.17) is 16.3 Å². The first-order valence-electron chi connectivity index (χ1n) is 6.52. The van der Waals surface area contributed by atoms with Gasteiger partial charge in [-0.05, 0) is 42.3 Å². The number of rotatable bonds is 4. The van der Waals surface area contributed by atoms with Crippen molar-refractivity contribution in [1.29, 1.82) is 0 Å². The first kappa shape index (κ1) is 15.2. The molecule has 2 amide bonds. The van der Waals surface area contributed by atoms with Gasteiger partial charge in [0.15, 0.2) is 0 Å². The Morgan fingerprint density at radius 3 is 2.52 bits per heavy atom. The summed E-state index contributed by atoms with van der Waals surface area (Å²) in [6.07, 6.45) is 0. The second-order valence-electron chi connectivity index (χ2n) is 4.64. The minimum Gasteiger partial charge on any atom is -0.497 e. The average molecular weight is 305 g/mol. The van der Waals surface area contributed by atoms with Crippen molar-refractivity contribution in [3.63, 3.8) is 0 Å². The van der Waals surface area contributed by atoms with Gasteiger partial charge in [-0.3, -0.25) is 0 Å². The van der Waals surface area contributed by atoms with Crippen molar-refractivity contribution in [2.24, 2.45) is 0 Å². The van der Waals surface area contributed by atoms with E-state index < -0.39 is 0 Å². The summed E-state index contributed by atoms with van der Waals surface area (Å²) in [5, 5.41) is 6.02. The molecule has 2 rings (SSSR count). The highest BCUT2D eigenvalue weighted by molar-refractivity contribution is 6.33. The number of hydrogen-bond acceptors (Lipinski definition) is 2. The third-order valence-corrected chi connectivity index (χ3v) is 3.30. The fourth-order valence-corrected chi connectivity index (χ4v) is 2.10. The van der Waals surface area contributed by atoms with Crippen LogP contribution in [-0.2, 0) is 6.54 Å². The molecule has 110 valence electrons. The second-order valence-corrected chi connectivity index (χ2v) is 5.05. The van der Waals surface area contributed by atoms with Crippen LogP contribution in [0.2, 0.25) is 5.02 Å². The molecule has 0 aliphatic rings. The van der Waals surface area contributed by atoms with Gasteiger partial charge in [-0.25, -0.2) is 4.79 Å². The number of methoxy groups -OCH3 is 1. The molecule has 0 spiro atoms. The van der Waals surface area contributed by atoms with E-state index in [0.29, 0.717) is 17.3 Å². The molecule has 0 aliphatic heterocycles. The summed E-state index contributed by atoms with van der Waals surface area (Å²) < 4.78 is 5.08. The Bertz CT molecular complexity index is 627. The number of aryl methyl sites for hydroxylation is 1. The van der Waals surface area contributed by atoms with Crippen molar-refractivity contribution in [2.45, 2.75) is 13.5 Å². The van der Waals surface area contributed by atoms with Crippen LogP contribution in [0, 0.1) is 6.92 Å². The van der Waals surface area contributed by atoms with Gasteiger partial charge in [0, 0.05) is 6.54 Å². The van der Waals surface area contributed by atoms with Crippen LogP contribution in [0.25, 0.3) is 0 Å². The van der Waals surface area contributed by atoms with E-state index in [1.54, 1.807) is 19.2 Å². The van der Waals surface area contributed by atoms with Gasteiger partial charge in [0.1, 0.15) is 5.75 Å². The largest absolute Gasteiger partial charge is 0.497 e. The average Bonchev–Trinajstić information content (AvgIpc) is 2.48. The number of carbonyl (C=O) groups is 1. The number of amides is 2. The summed E-state index contributed by atoms with van der Waals surface area (Å²) in [6, 6.07) is 12.7. The van der Waals surface area contributed by atoms with Crippen LogP contribution < -0.4 is 15.4 Å². The lowest BCUT2D eigenvalue weighted by molar-refractivity contribution is 0.251. The summed E-state index contributed by atoms with van der Waals surface area (Å²) in [5.41, 5.74) is 2.62. The molecule has 2 aromatic carbocycles. The molecule has 0 aromatic heterocycles. The van der Waals surface area contributed by atoms with Gasteiger partial charge in [0.05, 0.1) is 17.8 Å². The SMILES string of the molecule is COc1ccc(CNC(=O)Nc2ccc(C)cc2Cl)cc1. The van der Waals surface area contributed by atoms with Crippen LogP contribution in [0.5, 0.6) is 5.75 Å². The maximum atomic E-state index is 11.8. The van der Waals surface area contributed by atoms with Crippen molar-refractivity contribution in [3.8, 4) is 5.75 Å². The number of urea groups is 1. The number of anilines is 1. The lowest BCUT2D eigenvalue weighted by Crippen LogP contribution is -2.28. The molecule has 4 nitrogen and oxygen atoms in total. The summed E-state index contributed by atoms with van der Waals surface area (Å²) >= 11 is 6.07. The van der Waals surface area contributed by atoms with Crippen LogP contribution in [0.1, 0.15) is 11.1 Å². The van der Waals surface area contributed by atoms with E-state index in [1.807, 2.05) is 37.3 Å². The van der Waals surface area contributed by atoms with Crippen LogP contribution in [0.4, 0.5) is 10.5 Å². The minimum absolute atomic E-state index is 0.295. The molecule has 0 fully saturated rings. The molecule has 0 bridgehead atoms. The molecule has 0 saturated carbocycles. The Morgan fingerprint density at radius 2 is 1.90 bits per heavy atom. The fourth-order valence-electron chi connectivity index (χ4n) is 1.81. The van der Waals surface area contributed by atoms with Gasteiger partial charge in [-0.1, -0.05) is 29.8 Å². The standard InChI is InChI=1S/C16H17ClN2O2/c1-11-3-8-15(14(17)9-11)19-16(20)18-10-12-4-6-13(21-2)7-5-12/h3-9H,10H2,1-2H3,(H2,18,19,20). The zero-order chi connectivity index (χ0) is 15.2. The van der Waals surface area contributed by atoms with Gasteiger partial charge in [-0.15, -0.1) is 0 Å². The molecule has 0 radical (unpaired) electrons. The number of benzene rings is 2. The maximum absolute atomic E-state index is 11.8. The van der Waals surface area contributed by atoms with E-state index in [2.05, 4.69) is 10.6 Å². The zero-order valence-electron chi connectivity index (χ0n) is 11.9. The molecule has 21 heavy (non-hydrogen) atoms. The lowest BCUT2D eigenvalue weighted by Gasteiger charge is -2.10. The summed E-state index contributed by atoms with van der Waals surface area (Å²) in [7, 11) is 1.62. The van der Waals surface area contributed by atoms with Crippen LogP contribution in [-0.4, -0.2) is 13.1 Å². The Kier molecular flexibility index (Phi) is 5.06. The molecule has 2 N–H and O–H groups in total. The minimum atomic E-state index is -0.295. The highest BCUT2D eigenvalue weighted by Crippen LogP contribution is 2.22. The van der Waals surface area contributed by atoms with Gasteiger partial charge < -0.3 is 15.4 Å². The van der Waals surface area contributed by atoms with Crippen molar-refractivity contribution in [1.82, 2.24) is 5.32 Å². The monoisotopic (exact) mass is 304 g/mol. The highest BCUT2D eigenvalue weighted by atomic mass is 35.5. The number of carbonyl (C=O) groups excluding carboxylic acids is 1. The molecule has 0 unspecified atom stereocenters. The predicted molar refractivity (Wildman–Crippen MR) is 85.0 cm³/mol. The quantitative estimate of drug-likeness (QED) is 0.897. The summed E-state index contributed by atoms with van der Waals surface area (Å²) in [4.78, 5) is 11.8. The fraction of sp³-hybridized carbons (Fsp3) is 0.188. The van der Waals surface area contributed by atoms with Crippen molar-refractivity contribution < 1.29 is 9.53 Å².